The van der Waals surface area contributed by atoms with Crippen LogP contribution in [0.3, 0.4) is 0 Å². The van der Waals surface area contributed by atoms with E-state index in [1.165, 1.54) is 6.33 Å². The van der Waals surface area contributed by atoms with Crippen LogP contribution in [-0.4, -0.2) is 32.9 Å². The van der Waals surface area contributed by atoms with Gasteiger partial charge in [0.15, 0.2) is 5.69 Å². The van der Waals surface area contributed by atoms with E-state index in [9.17, 15) is 9.59 Å². The molecule has 0 bridgehead atoms. The molecule has 0 aliphatic rings. The topological polar surface area (TPSA) is 86.9 Å². The van der Waals surface area contributed by atoms with Gasteiger partial charge in [0.05, 0.1) is 6.33 Å². The molecule has 6 nitrogen and oxygen atoms in total. The van der Waals surface area contributed by atoms with Crippen molar-refractivity contribution >= 4 is 11.8 Å². The average Bonchev–Trinajstić information content (AvgIpc) is 2.59. The lowest BCUT2D eigenvalue weighted by Gasteiger charge is -2.21. The van der Waals surface area contributed by atoms with Crippen molar-refractivity contribution in [3.63, 3.8) is 0 Å². The SMILES string of the molecule is CC(C)(C)NC(=O)c1nc[nH]c1C(=O)NC(C)(C)C. The second-order valence-electron chi connectivity index (χ2n) is 6.53. The van der Waals surface area contributed by atoms with Crippen molar-refractivity contribution in [1.82, 2.24) is 20.6 Å². The van der Waals surface area contributed by atoms with Crippen molar-refractivity contribution in [1.29, 1.82) is 0 Å². The van der Waals surface area contributed by atoms with Crippen molar-refractivity contribution in [3.05, 3.63) is 17.7 Å². The first-order valence-corrected chi connectivity index (χ1v) is 6.18. The maximum Gasteiger partial charge on any atom is 0.272 e. The number of carbonyl (C=O) groups is 2. The van der Waals surface area contributed by atoms with E-state index in [4.69, 9.17) is 0 Å². The van der Waals surface area contributed by atoms with Crippen LogP contribution in [-0.2, 0) is 0 Å². The van der Waals surface area contributed by atoms with Crippen LogP contribution in [0.25, 0.3) is 0 Å². The van der Waals surface area contributed by atoms with Crippen LogP contribution < -0.4 is 10.6 Å². The van der Waals surface area contributed by atoms with E-state index in [1.54, 1.807) is 0 Å². The highest BCUT2D eigenvalue weighted by molar-refractivity contribution is 6.05. The first-order chi connectivity index (χ1) is 8.49. The maximum atomic E-state index is 12.0. The van der Waals surface area contributed by atoms with Crippen LogP contribution >= 0.6 is 0 Å². The predicted octanol–water partition coefficient (Wildman–Crippen LogP) is 1.47. The minimum Gasteiger partial charge on any atom is -0.346 e. The van der Waals surface area contributed by atoms with Gasteiger partial charge in [-0.1, -0.05) is 0 Å². The lowest BCUT2D eigenvalue weighted by atomic mass is 10.1. The maximum absolute atomic E-state index is 12.0. The summed E-state index contributed by atoms with van der Waals surface area (Å²) in [5.74, 6) is -0.711. The Labute approximate surface area is 113 Å². The molecular weight excluding hydrogens is 244 g/mol. The zero-order valence-electron chi connectivity index (χ0n) is 12.3. The zero-order valence-corrected chi connectivity index (χ0v) is 12.3. The molecule has 1 aromatic rings. The van der Waals surface area contributed by atoms with Gasteiger partial charge in [0, 0.05) is 11.1 Å². The van der Waals surface area contributed by atoms with E-state index in [-0.39, 0.29) is 34.3 Å². The molecule has 0 unspecified atom stereocenters. The van der Waals surface area contributed by atoms with Gasteiger partial charge in [-0.15, -0.1) is 0 Å². The van der Waals surface area contributed by atoms with E-state index in [2.05, 4.69) is 20.6 Å². The molecule has 1 heterocycles. The second kappa shape index (κ2) is 5.03. The van der Waals surface area contributed by atoms with Crippen LogP contribution in [0, 0.1) is 0 Å². The summed E-state index contributed by atoms with van der Waals surface area (Å²) >= 11 is 0. The molecule has 3 N–H and O–H groups in total. The summed E-state index contributed by atoms with van der Waals surface area (Å²) in [6.45, 7) is 11.2. The number of H-pyrrole nitrogens is 1. The number of carbonyl (C=O) groups excluding carboxylic acids is 2. The summed E-state index contributed by atoms with van der Waals surface area (Å²) in [7, 11) is 0. The number of rotatable bonds is 2. The molecule has 0 spiro atoms. The molecule has 1 aromatic heterocycles. The van der Waals surface area contributed by atoms with E-state index < -0.39 is 0 Å². The molecule has 1 rings (SSSR count). The van der Waals surface area contributed by atoms with Crippen molar-refractivity contribution in [2.24, 2.45) is 0 Å². The minimum absolute atomic E-state index is 0.108. The number of nitrogens with one attached hydrogen (secondary N) is 3. The molecule has 0 saturated heterocycles. The Balaban J connectivity index is 2.92. The lowest BCUT2D eigenvalue weighted by Crippen LogP contribution is -2.43. The smallest absolute Gasteiger partial charge is 0.272 e. The molecule has 0 fully saturated rings. The fraction of sp³-hybridized carbons (Fsp3) is 0.615. The molecule has 0 atom stereocenters. The van der Waals surface area contributed by atoms with Gasteiger partial charge in [0.1, 0.15) is 5.69 Å². The van der Waals surface area contributed by atoms with Crippen molar-refractivity contribution < 1.29 is 9.59 Å². The van der Waals surface area contributed by atoms with Crippen molar-refractivity contribution in [2.75, 3.05) is 0 Å². The molecular formula is C13H22N4O2. The van der Waals surface area contributed by atoms with Crippen LogP contribution in [0.5, 0.6) is 0 Å². The van der Waals surface area contributed by atoms with Gasteiger partial charge in [-0.05, 0) is 41.5 Å². The van der Waals surface area contributed by atoms with Crippen LogP contribution in [0.4, 0.5) is 0 Å². The largest absolute Gasteiger partial charge is 0.346 e. The van der Waals surface area contributed by atoms with Crippen LogP contribution in [0.2, 0.25) is 0 Å². The van der Waals surface area contributed by atoms with Crippen molar-refractivity contribution in [3.8, 4) is 0 Å². The van der Waals surface area contributed by atoms with Gasteiger partial charge in [0.2, 0.25) is 0 Å². The third-order valence-corrected chi connectivity index (χ3v) is 2.06. The van der Waals surface area contributed by atoms with Gasteiger partial charge in [-0.3, -0.25) is 9.59 Å². The Morgan fingerprint density at radius 1 is 1.00 bits per heavy atom. The average molecular weight is 266 g/mol. The lowest BCUT2D eigenvalue weighted by molar-refractivity contribution is 0.0877. The highest BCUT2D eigenvalue weighted by Gasteiger charge is 2.25. The van der Waals surface area contributed by atoms with Crippen LogP contribution in [0.15, 0.2) is 6.33 Å². The fourth-order valence-electron chi connectivity index (χ4n) is 1.44. The quantitative estimate of drug-likeness (QED) is 0.757. The molecule has 106 valence electrons. The third-order valence-electron chi connectivity index (χ3n) is 2.06. The standard InChI is InChI=1S/C13H22N4O2/c1-12(2,3)16-10(18)8-9(15-7-14-8)11(19)17-13(4,5)6/h7H,1-6H3,(H,14,15)(H,16,18)(H,17,19). The molecule has 19 heavy (non-hydrogen) atoms. The fourth-order valence-corrected chi connectivity index (χ4v) is 1.44. The van der Waals surface area contributed by atoms with Gasteiger partial charge in [-0.2, -0.15) is 0 Å². The van der Waals surface area contributed by atoms with Gasteiger partial charge >= 0.3 is 0 Å². The van der Waals surface area contributed by atoms with Crippen LogP contribution in [0.1, 0.15) is 62.5 Å². The molecule has 0 aromatic carbocycles. The Morgan fingerprint density at radius 3 is 1.95 bits per heavy atom. The molecule has 0 radical (unpaired) electrons. The van der Waals surface area contributed by atoms with Gasteiger partial charge in [-0.25, -0.2) is 4.98 Å². The number of imidazole rings is 1. The summed E-state index contributed by atoms with van der Waals surface area (Å²) in [5.41, 5.74) is -0.471. The highest BCUT2D eigenvalue weighted by atomic mass is 16.2. The number of aromatic nitrogens is 2. The number of aromatic amines is 1. The molecule has 0 aliphatic carbocycles. The summed E-state index contributed by atoms with van der Waals surface area (Å²) in [4.78, 5) is 30.7. The molecule has 0 saturated carbocycles. The number of nitrogens with zero attached hydrogens (tertiary/aromatic N) is 1. The van der Waals surface area contributed by atoms with Gasteiger partial charge in [0.25, 0.3) is 11.8 Å². The third kappa shape index (κ3) is 4.73. The van der Waals surface area contributed by atoms with E-state index in [1.807, 2.05) is 41.5 Å². The summed E-state index contributed by atoms with van der Waals surface area (Å²) < 4.78 is 0. The molecule has 6 heteroatoms. The van der Waals surface area contributed by atoms with Gasteiger partial charge < -0.3 is 15.6 Å². The van der Waals surface area contributed by atoms with Crippen molar-refractivity contribution in [2.45, 2.75) is 52.6 Å². The van der Waals surface area contributed by atoms with E-state index in [0.29, 0.717) is 0 Å². The van der Waals surface area contributed by atoms with E-state index in [0.717, 1.165) is 0 Å². The Hall–Kier alpha value is -1.85. The minimum atomic E-state index is -0.381. The zero-order chi connectivity index (χ0) is 14.8. The Morgan fingerprint density at radius 2 is 1.47 bits per heavy atom. The number of hydrogen-bond acceptors (Lipinski definition) is 3. The highest BCUT2D eigenvalue weighted by Crippen LogP contribution is 2.08. The normalized spacial score (nSPS) is 12.1. The predicted molar refractivity (Wildman–Crippen MR) is 73.0 cm³/mol. The molecule has 2 amide bonds. The summed E-state index contributed by atoms with van der Waals surface area (Å²) in [6, 6.07) is 0. The summed E-state index contributed by atoms with van der Waals surface area (Å²) in [6.07, 6.45) is 1.34. The number of amides is 2. The second-order valence-corrected chi connectivity index (χ2v) is 6.53. The van der Waals surface area contributed by atoms with E-state index >= 15 is 0 Å². The first-order valence-electron chi connectivity index (χ1n) is 6.18. The number of hydrogen-bond donors (Lipinski definition) is 3. The Bertz CT molecular complexity index is 435. The molecule has 0 aliphatic heterocycles. The summed E-state index contributed by atoms with van der Waals surface area (Å²) in [5, 5.41) is 5.57. The monoisotopic (exact) mass is 266 g/mol. The first kappa shape index (κ1) is 15.2. The Kier molecular flexibility index (Phi) is 4.03.